The maximum atomic E-state index is 11.0. The van der Waals surface area contributed by atoms with Crippen molar-refractivity contribution in [1.29, 1.82) is 0 Å². The standard InChI is InChI=1S/C8H10O3/c1-2-3-5-4-6(9)8(11)7(5)10/h2-4,6,8-9,11H,1H3/b3-2-/t6-,8-/m1/s1. The largest absolute Gasteiger partial charge is 0.386 e. The highest BCUT2D eigenvalue weighted by Gasteiger charge is 2.31. The summed E-state index contributed by atoms with van der Waals surface area (Å²) in [5.74, 6) is -0.407. The predicted molar refractivity (Wildman–Crippen MR) is 39.9 cm³/mol. The van der Waals surface area contributed by atoms with Crippen LogP contribution in [0.25, 0.3) is 0 Å². The van der Waals surface area contributed by atoms with Gasteiger partial charge in [-0.25, -0.2) is 0 Å². The van der Waals surface area contributed by atoms with Gasteiger partial charge < -0.3 is 10.2 Å². The van der Waals surface area contributed by atoms with Crippen LogP contribution >= 0.6 is 0 Å². The Labute approximate surface area is 64.7 Å². The second kappa shape index (κ2) is 2.98. The van der Waals surface area contributed by atoms with Gasteiger partial charge in [0.05, 0.1) is 0 Å². The molecule has 1 aliphatic carbocycles. The summed E-state index contributed by atoms with van der Waals surface area (Å²) in [4.78, 5) is 11.0. The molecule has 0 radical (unpaired) electrons. The van der Waals surface area contributed by atoms with Gasteiger partial charge in [-0.05, 0) is 13.0 Å². The highest BCUT2D eigenvalue weighted by molar-refractivity contribution is 6.04. The molecule has 0 unspecified atom stereocenters. The molecule has 3 nitrogen and oxygen atoms in total. The molecule has 0 aromatic rings. The molecule has 0 heterocycles. The molecule has 0 spiro atoms. The number of carbonyl (C=O) groups is 1. The molecule has 0 saturated heterocycles. The van der Waals surface area contributed by atoms with Gasteiger partial charge in [-0.2, -0.15) is 0 Å². The van der Waals surface area contributed by atoms with Gasteiger partial charge in [-0.1, -0.05) is 12.2 Å². The van der Waals surface area contributed by atoms with E-state index in [1.165, 1.54) is 6.08 Å². The molecule has 2 atom stereocenters. The number of hydrogen-bond acceptors (Lipinski definition) is 3. The normalized spacial score (nSPS) is 31.5. The lowest BCUT2D eigenvalue weighted by molar-refractivity contribution is -0.125. The number of aliphatic hydroxyl groups is 2. The SMILES string of the molecule is C/C=C\C1=C[C@@H](O)[C@@H](O)C1=O. The van der Waals surface area contributed by atoms with E-state index in [0.29, 0.717) is 5.57 Å². The fourth-order valence-electron chi connectivity index (χ4n) is 1.00. The number of aliphatic hydroxyl groups excluding tert-OH is 2. The zero-order valence-corrected chi connectivity index (χ0v) is 6.19. The molecule has 1 rings (SSSR count). The van der Waals surface area contributed by atoms with Gasteiger partial charge >= 0.3 is 0 Å². The minimum atomic E-state index is -1.26. The smallest absolute Gasteiger partial charge is 0.194 e. The molecule has 2 N–H and O–H groups in total. The van der Waals surface area contributed by atoms with E-state index >= 15 is 0 Å². The van der Waals surface area contributed by atoms with Crippen molar-refractivity contribution >= 4 is 5.78 Å². The van der Waals surface area contributed by atoms with E-state index < -0.39 is 18.0 Å². The van der Waals surface area contributed by atoms with Crippen LogP contribution in [-0.4, -0.2) is 28.2 Å². The van der Waals surface area contributed by atoms with E-state index in [9.17, 15) is 4.79 Å². The summed E-state index contributed by atoms with van der Waals surface area (Å²) in [5.41, 5.74) is 0.382. The molecule has 0 bridgehead atoms. The topological polar surface area (TPSA) is 57.5 Å². The Balaban J connectivity index is 2.83. The first-order valence-corrected chi connectivity index (χ1v) is 3.41. The predicted octanol–water partition coefficient (Wildman–Crippen LogP) is -0.207. The molecule has 0 amide bonds. The van der Waals surface area contributed by atoms with Crippen molar-refractivity contribution in [2.45, 2.75) is 19.1 Å². The van der Waals surface area contributed by atoms with Crippen LogP contribution in [0.1, 0.15) is 6.92 Å². The Hall–Kier alpha value is -0.930. The second-order valence-corrected chi connectivity index (χ2v) is 2.42. The van der Waals surface area contributed by atoms with Crippen molar-refractivity contribution in [2.24, 2.45) is 0 Å². The Kier molecular flexibility index (Phi) is 2.22. The summed E-state index contributed by atoms with van der Waals surface area (Å²) in [6, 6.07) is 0. The summed E-state index contributed by atoms with van der Waals surface area (Å²) >= 11 is 0. The Morgan fingerprint density at radius 3 is 2.55 bits per heavy atom. The zero-order valence-electron chi connectivity index (χ0n) is 6.19. The third-order valence-corrected chi connectivity index (χ3v) is 1.57. The number of hydrogen-bond donors (Lipinski definition) is 2. The molecule has 0 aromatic carbocycles. The van der Waals surface area contributed by atoms with Crippen molar-refractivity contribution in [3.63, 3.8) is 0 Å². The first-order valence-electron chi connectivity index (χ1n) is 3.41. The van der Waals surface area contributed by atoms with E-state index in [1.807, 2.05) is 0 Å². The minimum Gasteiger partial charge on any atom is -0.386 e. The first kappa shape index (κ1) is 8.17. The zero-order chi connectivity index (χ0) is 8.43. The van der Waals surface area contributed by atoms with Crippen LogP contribution in [0, 0.1) is 0 Å². The molecule has 0 saturated carbocycles. The average molecular weight is 154 g/mol. The molecule has 60 valence electrons. The Morgan fingerprint density at radius 1 is 1.55 bits per heavy atom. The molecule has 0 aliphatic heterocycles. The minimum absolute atomic E-state index is 0.382. The van der Waals surface area contributed by atoms with Gasteiger partial charge in [0.2, 0.25) is 0 Å². The summed E-state index contributed by atoms with van der Waals surface area (Å²) in [5, 5.41) is 18.0. The van der Waals surface area contributed by atoms with Crippen LogP contribution in [0.4, 0.5) is 0 Å². The lowest BCUT2D eigenvalue weighted by Crippen LogP contribution is -2.26. The molecule has 0 fully saturated rings. The summed E-state index contributed by atoms with van der Waals surface area (Å²) < 4.78 is 0. The van der Waals surface area contributed by atoms with E-state index in [0.717, 1.165) is 0 Å². The third kappa shape index (κ3) is 1.39. The lowest BCUT2D eigenvalue weighted by atomic mass is 10.2. The van der Waals surface area contributed by atoms with Crippen molar-refractivity contribution in [1.82, 2.24) is 0 Å². The highest BCUT2D eigenvalue weighted by atomic mass is 16.3. The monoisotopic (exact) mass is 154 g/mol. The molecule has 3 heteroatoms. The molecule has 11 heavy (non-hydrogen) atoms. The second-order valence-electron chi connectivity index (χ2n) is 2.42. The number of rotatable bonds is 1. The van der Waals surface area contributed by atoms with Gasteiger partial charge in [0.15, 0.2) is 5.78 Å². The van der Waals surface area contributed by atoms with Crippen LogP contribution in [0.3, 0.4) is 0 Å². The van der Waals surface area contributed by atoms with Crippen molar-refractivity contribution in [2.75, 3.05) is 0 Å². The van der Waals surface area contributed by atoms with Crippen molar-refractivity contribution < 1.29 is 15.0 Å². The maximum Gasteiger partial charge on any atom is 0.194 e. The summed E-state index contributed by atoms with van der Waals surface area (Å²) in [6.45, 7) is 1.77. The summed E-state index contributed by atoms with van der Waals surface area (Å²) in [6.07, 6.45) is 2.32. The van der Waals surface area contributed by atoms with Crippen molar-refractivity contribution in [3.8, 4) is 0 Å². The van der Waals surface area contributed by atoms with E-state index in [4.69, 9.17) is 10.2 Å². The van der Waals surface area contributed by atoms with E-state index in [2.05, 4.69) is 0 Å². The van der Waals surface area contributed by atoms with Gasteiger partial charge in [0, 0.05) is 5.57 Å². The van der Waals surface area contributed by atoms with Gasteiger partial charge in [0.25, 0.3) is 0 Å². The molecule has 0 aromatic heterocycles. The summed E-state index contributed by atoms with van der Waals surface area (Å²) in [7, 11) is 0. The first-order chi connectivity index (χ1) is 5.16. The van der Waals surface area contributed by atoms with Crippen LogP contribution in [0.5, 0.6) is 0 Å². The van der Waals surface area contributed by atoms with Crippen LogP contribution in [-0.2, 0) is 4.79 Å². The van der Waals surface area contributed by atoms with Crippen LogP contribution in [0.2, 0.25) is 0 Å². The van der Waals surface area contributed by atoms with E-state index in [1.54, 1.807) is 19.1 Å². The fourth-order valence-corrected chi connectivity index (χ4v) is 1.00. The molecule has 1 aliphatic rings. The van der Waals surface area contributed by atoms with Gasteiger partial charge in [0.1, 0.15) is 12.2 Å². The third-order valence-electron chi connectivity index (χ3n) is 1.57. The van der Waals surface area contributed by atoms with Crippen molar-refractivity contribution in [3.05, 3.63) is 23.8 Å². The highest BCUT2D eigenvalue weighted by Crippen LogP contribution is 2.16. The molecular weight excluding hydrogens is 144 g/mol. The number of carbonyl (C=O) groups excluding carboxylic acids is 1. The maximum absolute atomic E-state index is 11.0. The lowest BCUT2D eigenvalue weighted by Gasteiger charge is -2.02. The van der Waals surface area contributed by atoms with Crippen LogP contribution in [0.15, 0.2) is 23.8 Å². The van der Waals surface area contributed by atoms with E-state index in [-0.39, 0.29) is 0 Å². The van der Waals surface area contributed by atoms with Gasteiger partial charge in [-0.3, -0.25) is 4.79 Å². The quantitative estimate of drug-likeness (QED) is 0.549. The average Bonchev–Trinajstić information content (AvgIpc) is 2.19. The number of ketones is 1. The molecular formula is C8H10O3. The van der Waals surface area contributed by atoms with Crippen LogP contribution < -0.4 is 0 Å². The Bertz CT molecular complexity index is 227. The number of Topliss-reactive ketones (excluding diaryl/α,β-unsaturated/α-hetero) is 1. The Morgan fingerprint density at radius 2 is 2.18 bits per heavy atom. The fraction of sp³-hybridized carbons (Fsp3) is 0.375. The van der Waals surface area contributed by atoms with Gasteiger partial charge in [-0.15, -0.1) is 0 Å². The number of allylic oxidation sites excluding steroid dienone is 2.